The minimum absolute atomic E-state index is 0.00642. The van der Waals surface area contributed by atoms with Gasteiger partial charge in [-0.3, -0.25) is 4.98 Å². The van der Waals surface area contributed by atoms with Crippen molar-refractivity contribution in [2.75, 3.05) is 20.6 Å². The molecule has 2 aromatic heterocycles. The van der Waals surface area contributed by atoms with Crippen molar-refractivity contribution in [1.29, 1.82) is 0 Å². The summed E-state index contributed by atoms with van der Waals surface area (Å²) in [5.74, 6) is 0. The van der Waals surface area contributed by atoms with E-state index in [0.29, 0.717) is 6.54 Å². The van der Waals surface area contributed by atoms with Crippen LogP contribution < -0.4 is 4.72 Å². The summed E-state index contributed by atoms with van der Waals surface area (Å²) in [5, 5.41) is 1.91. The monoisotopic (exact) mass is 311 g/mol. The molecule has 20 heavy (non-hydrogen) atoms. The summed E-state index contributed by atoms with van der Waals surface area (Å²) in [4.78, 5) is 6.51. The second kappa shape index (κ2) is 4.77. The molecular formula is C13H17N3O2S2. The third kappa shape index (κ3) is 2.46. The van der Waals surface area contributed by atoms with Gasteiger partial charge in [-0.2, -0.15) is 0 Å². The van der Waals surface area contributed by atoms with Crippen LogP contribution in [-0.2, 0) is 10.0 Å². The lowest BCUT2D eigenvalue weighted by molar-refractivity contribution is 0.272. The van der Waals surface area contributed by atoms with E-state index in [1.54, 1.807) is 6.07 Å². The van der Waals surface area contributed by atoms with Crippen molar-refractivity contribution in [3.63, 3.8) is 0 Å². The van der Waals surface area contributed by atoms with Gasteiger partial charge < -0.3 is 4.90 Å². The normalized spacial score (nSPS) is 17.8. The smallest absolute Gasteiger partial charge is 0.242 e. The first-order valence-corrected chi connectivity index (χ1v) is 8.80. The van der Waals surface area contributed by atoms with E-state index in [2.05, 4.69) is 14.6 Å². The topological polar surface area (TPSA) is 62.3 Å². The number of likely N-dealkylation sites (N-methyl/N-ethyl adjacent to an activating group) is 1. The molecule has 0 aliphatic heterocycles. The predicted octanol–water partition coefficient (Wildman–Crippen LogP) is 1.67. The molecule has 0 saturated heterocycles. The van der Waals surface area contributed by atoms with E-state index in [4.69, 9.17) is 0 Å². The SMILES string of the molecule is CN(C)C1(CNS(=O)(=O)c2cnc3ccsc3c2)CC1. The van der Waals surface area contributed by atoms with Gasteiger partial charge in [-0.05, 0) is 44.4 Å². The Bertz CT molecular complexity index is 733. The largest absolute Gasteiger partial charge is 0.302 e. The van der Waals surface area contributed by atoms with Gasteiger partial charge in [0, 0.05) is 18.3 Å². The van der Waals surface area contributed by atoms with E-state index in [1.165, 1.54) is 17.5 Å². The van der Waals surface area contributed by atoms with Gasteiger partial charge in [0.15, 0.2) is 0 Å². The summed E-state index contributed by atoms with van der Waals surface area (Å²) < 4.78 is 28.3. The Morgan fingerprint density at radius 2 is 2.20 bits per heavy atom. The Morgan fingerprint density at radius 3 is 2.85 bits per heavy atom. The number of thiophene rings is 1. The molecule has 0 radical (unpaired) electrons. The van der Waals surface area contributed by atoms with Gasteiger partial charge in [0.1, 0.15) is 4.90 Å². The van der Waals surface area contributed by atoms with Gasteiger partial charge in [-0.25, -0.2) is 13.1 Å². The van der Waals surface area contributed by atoms with Crippen LogP contribution in [0, 0.1) is 0 Å². The Morgan fingerprint density at radius 1 is 1.45 bits per heavy atom. The summed E-state index contributed by atoms with van der Waals surface area (Å²) in [7, 11) is 0.484. The number of sulfonamides is 1. The van der Waals surface area contributed by atoms with Crippen LogP contribution in [0.3, 0.4) is 0 Å². The highest BCUT2D eigenvalue weighted by atomic mass is 32.2. The first-order valence-electron chi connectivity index (χ1n) is 6.43. The molecule has 3 rings (SSSR count). The summed E-state index contributed by atoms with van der Waals surface area (Å²) >= 11 is 1.50. The molecule has 2 aromatic rings. The minimum atomic E-state index is -3.49. The molecule has 1 N–H and O–H groups in total. The van der Waals surface area contributed by atoms with Gasteiger partial charge in [0.2, 0.25) is 10.0 Å². The molecule has 7 heteroatoms. The maximum atomic E-state index is 12.3. The predicted molar refractivity (Wildman–Crippen MR) is 80.5 cm³/mol. The average Bonchev–Trinajstić information content (AvgIpc) is 3.07. The highest BCUT2D eigenvalue weighted by Crippen LogP contribution is 2.39. The average molecular weight is 311 g/mol. The molecule has 0 spiro atoms. The van der Waals surface area contributed by atoms with Crippen LogP contribution in [0.2, 0.25) is 0 Å². The van der Waals surface area contributed by atoms with Gasteiger partial charge in [0.05, 0.1) is 10.2 Å². The maximum absolute atomic E-state index is 12.3. The minimum Gasteiger partial charge on any atom is -0.302 e. The van der Waals surface area contributed by atoms with Crippen LogP contribution in [0.15, 0.2) is 28.6 Å². The zero-order valence-electron chi connectivity index (χ0n) is 11.5. The zero-order chi connectivity index (χ0) is 14.4. The van der Waals surface area contributed by atoms with Crippen LogP contribution in [0.25, 0.3) is 10.2 Å². The van der Waals surface area contributed by atoms with Crippen LogP contribution >= 0.6 is 11.3 Å². The molecule has 1 aliphatic rings. The fourth-order valence-electron chi connectivity index (χ4n) is 2.21. The van der Waals surface area contributed by atoms with Crippen molar-refractivity contribution >= 4 is 31.6 Å². The number of hydrogen-bond acceptors (Lipinski definition) is 5. The molecule has 2 heterocycles. The number of aromatic nitrogens is 1. The summed E-state index contributed by atoms with van der Waals surface area (Å²) in [6, 6.07) is 3.57. The number of nitrogens with one attached hydrogen (secondary N) is 1. The van der Waals surface area contributed by atoms with Crippen LogP contribution in [0.4, 0.5) is 0 Å². The third-order valence-corrected chi connectivity index (χ3v) is 6.18. The molecule has 0 aromatic carbocycles. The van der Waals surface area contributed by atoms with E-state index >= 15 is 0 Å². The highest BCUT2D eigenvalue weighted by molar-refractivity contribution is 7.89. The van der Waals surface area contributed by atoms with E-state index < -0.39 is 10.0 Å². The van der Waals surface area contributed by atoms with Crippen molar-refractivity contribution in [2.24, 2.45) is 0 Å². The third-order valence-electron chi connectivity index (χ3n) is 3.95. The van der Waals surface area contributed by atoms with Gasteiger partial charge in [-0.1, -0.05) is 0 Å². The van der Waals surface area contributed by atoms with Crippen molar-refractivity contribution < 1.29 is 8.42 Å². The van der Waals surface area contributed by atoms with Crippen LogP contribution in [0.5, 0.6) is 0 Å². The van der Waals surface area contributed by atoms with E-state index in [1.807, 2.05) is 25.5 Å². The molecular weight excluding hydrogens is 294 g/mol. The fourth-order valence-corrected chi connectivity index (χ4v) is 4.16. The molecule has 108 valence electrons. The zero-order valence-corrected chi connectivity index (χ0v) is 13.1. The summed E-state index contributed by atoms with van der Waals surface area (Å²) in [6.07, 6.45) is 3.49. The van der Waals surface area contributed by atoms with Gasteiger partial charge in [-0.15, -0.1) is 11.3 Å². The molecule has 0 unspecified atom stereocenters. The van der Waals surface area contributed by atoms with Crippen molar-refractivity contribution in [3.8, 4) is 0 Å². The second-order valence-electron chi connectivity index (χ2n) is 5.42. The molecule has 0 atom stereocenters. The maximum Gasteiger partial charge on any atom is 0.242 e. The molecule has 1 saturated carbocycles. The highest BCUT2D eigenvalue weighted by Gasteiger charge is 2.45. The lowest BCUT2D eigenvalue weighted by Gasteiger charge is -2.23. The van der Waals surface area contributed by atoms with Crippen molar-refractivity contribution in [3.05, 3.63) is 23.7 Å². The summed E-state index contributed by atoms with van der Waals surface area (Å²) in [6.45, 7) is 0.449. The van der Waals surface area contributed by atoms with Gasteiger partial charge >= 0.3 is 0 Å². The lowest BCUT2D eigenvalue weighted by Crippen LogP contribution is -2.42. The Kier molecular flexibility index (Phi) is 3.32. The molecule has 0 amide bonds. The number of hydrogen-bond donors (Lipinski definition) is 1. The first kappa shape index (κ1) is 13.9. The standard InChI is InChI=1S/C13H17N3O2S2/c1-16(2)13(4-5-13)9-15-20(17,18)10-7-12-11(14-8-10)3-6-19-12/h3,6-8,15H,4-5,9H2,1-2H3. The molecule has 1 aliphatic carbocycles. The number of rotatable bonds is 5. The molecule has 1 fully saturated rings. The van der Waals surface area contributed by atoms with E-state index in [0.717, 1.165) is 23.1 Å². The second-order valence-corrected chi connectivity index (χ2v) is 8.13. The lowest BCUT2D eigenvalue weighted by atomic mass is 10.2. The van der Waals surface area contributed by atoms with Crippen molar-refractivity contribution in [2.45, 2.75) is 23.3 Å². The number of pyridine rings is 1. The number of fused-ring (bicyclic) bond motifs is 1. The Labute approximate surface area is 122 Å². The summed E-state index contributed by atoms with van der Waals surface area (Å²) in [5.41, 5.74) is 0.828. The quantitative estimate of drug-likeness (QED) is 0.912. The van der Waals surface area contributed by atoms with Crippen LogP contribution in [-0.4, -0.2) is 44.5 Å². The number of nitrogens with zero attached hydrogens (tertiary/aromatic N) is 2. The fraction of sp³-hybridized carbons (Fsp3) is 0.462. The first-order chi connectivity index (χ1) is 9.43. The molecule has 0 bridgehead atoms. The van der Waals surface area contributed by atoms with Crippen molar-refractivity contribution in [1.82, 2.24) is 14.6 Å². The Balaban J connectivity index is 1.81. The Hall–Kier alpha value is -1.02. The van der Waals surface area contributed by atoms with E-state index in [9.17, 15) is 8.42 Å². The van der Waals surface area contributed by atoms with E-state index in [-0.39, 0.29) is 10.4 Å². The molecule has 5 nitrogen and oxygen atoms in total. The van der Waals surface area contributed by atoms with Gasteiger partial charge in [0.25, 0.3) is 0 Å². The van der Waals surface area contributed by atoms with Crippen LogP contribution in [0.1, 0.15) is 12.8 Å².